The van der Waals surface area contributed by atoms with Gasteiger partial charge in [-0.25, -0.2) is 4.79 Å². The normalized spacial score (nSPS) is 11.2. The molecule has 102 valence electrons. The Hall–Kier alpha value is -2.17. The molecule has 0 fully saturated rings. The topological polar surface area (TPSA) is 69.4 Å². The van der Waals surface area contributed by atoms with Gasteiger partial charge < -0.3 is 4.74 Å². The second-order valence-electron chi connectivity index (χ2n) is 4.06. The molecular weight excluding hydrogens is 246 g/mol. The number of rotatable bonds is 5. The second kappa shape index (κ2) is 6.68. The van der Waals surface area contributed by atoms with Gasteiger partial charge in [0.05, 0.1) is 17.1 Å². The molecule has 0 aliphatic heterocycles. The highest BCUT2D eigenvalue weighted by molar-refractivity contribution is 5.94. The lowest BCUT2D eigenvalue weighted by Gasteiger charge is -2.05. The van der Waals surface area contributed by atoms with Crippen LogP contribution in [0.15, 0.2) is 23.8 Å². The van der Waals surface area contributed by atoms with Crippen molar-refractivity contribution in [3.05, 3.63) is 45.0 Å². The minimum atomic E-state index is -0.447. The van der Waals surface area contributed by atoms with E-state index in [0.717, 1.165) is 5.56 Å². The van der Waals surface area contributed by atoms with E-state index in [4.69, 9.17) is 4.74 Å². The number of nitrogens with zero attached hydrogens (tertiary/aromatic N) is 1. The van der Waals surface area contributed by atoms with Crippen molar-refractivity contribution in [1.82, 2.24) is 0 Å². The molecule has 0 saturated carbocycles. The molecule has 5 nitrogen and oxygen atoms in total. The monoisotopic (exact) mass is 263 g/mol. The van der Waals surface area contributed by atoms with Crippen LogP contribution in [-0.2, 0) is 9.53 Å². The highest BCUT2D eigenvalue weighted by Crippen LogP contribution is 2.23. The highest BCUT2D eigenvalue weighted by atomic mass is 16.6. The van der Waals surface area contributed by atoms with E-state index in [1.807, 2.05) is 6.92 Å². The molecule has 0 amide bonds. The SMILES string of the molecule is CCOC(=O)/C(=C/c1ccc(C)cc1[N+](=O)[O-])CC. The van der Waals surface area contributed by atoms with Gasteiger partial charge in [0, 0.05) is 11.6 Å². The Labute approximate surface area is 112 Å². The van der Waals surface area contributed by atoms with Gasteiger partial charge in [-0.3, -0.25) is 10.1 Å². The van der Waals surface area contributed by atoms with E-state index in [2.05, 4.69) is 0 Å². The minimum Gasteiger partial charge on any atom is -0.463 e. The molecular formula is C14H17NO4. The van der Waals surface area contributed by atoms with Crippen LogP contribution in [0.2, 0.25) is 0 Å². The Kier molecular flexibility index (Phi) is 5.23. The second-order valence-corrected chi connectivity index (χ2v) is 4.06. The van der Waals surface area contributed by atoms with Crippen molar-refractivity contribution in [3.8, 4) is 0 Å². The lowest BCUT2D eigenvalue weighted by Crippen LogP contribution is -2.07. The molecule has 0 atom stereocenters. The molecule has 1 rings (SSSR count). The van der Waals surface area contributed by atoms with Crippen molar-refractivity contribution < 1.29 is 14.5 Å². The van der Waals surface area contributed by atoms with Crippen LogP contribution < -0.4 is 0 Å². The van der Waals surface area contributed by atoms with E-state index >= 15 is 0 Å². The molecule has 0 aromatic heterocycles. The van der Waals surface area contributed by atoms with E-state index in [-0.39, 0.29) is 12.3 Å². The van der Waals surface area contributed by atoms with Gasteiger partial charge in [-0.2, -0.15) is 0 Å². The molecule has 0 unspecified atom stereocenters. The molecule has 5 heteroatoms. The summed E-state index contributed by atoms with van der Waals surface area (Å²) in [4.78, 5) is 22.2. The zero-order chi connectivity index (χ0) is 14.4. The maximum atomic E-state index is 11.7. The summed E-state index contributed by atoms with van der Waals surface area (Å²) in [6.07, 6.45) is 1.99. The Morgan fingerprint density at radius 3 is 2.63 bits per heavy atom. The zero-order valence-electron chi connectivity index (χ0n) is 11.3. The molecule has 0 radical (unpaired) electrons. The smallest absolute Gasteiger partial charge is 0.333 e. The van der Waals surface area contributed by atoms with Gasteiger partial charge in [0.1, 0.15) is 0 Å². The largest absolute Gasteiger partial charge is 0.463 e. The third kappa shape index (κ3) is 3.91. The van der Waals surface area contributed by atoms with E-state index in [0.29, 0.717) is 17.6 Å². The quantitative estimate of drug-likeness (QED) is 0.354. The predicted molar refractivity (Wildman–Crippen MR) is 72.7 cm³/mol. The van der Waals surface area contributed by atoms with Crippen molar-refractivity contribution >= 4 is 17.7 Å². The van der Waals surface area contributed by atoms with Gasteiger partial charge in [0.15, 0.2) is 0 Å². The first-order chi connectivity index (χ1) is 8.99. The number of benzene rings is 1. The Morgan fingerprint density at radius 1 is 1.42 bits per heavy atom. The number of aryl methyl sites for hydroxylation is 1. The van der Waals surface area contributed by atoms with Gasteiger partial charge in [-0.05, 0) is 38.0 Å². The molecule has 0 saturated heterocycles. The van der Waals surface area contributed by atoms with Crippen molar-refractivity contribution in [2.45, 2.75) is 27.2 Å². The van der Waals surface area contributed by atoms with E-state index in [1.54, 1.807) is 26.0 Å². The van der Waals surface area contributed by atoms with Gasteiger partial charge in [0.25, 0.3) is 5.69 Å². The highest BCUT2D eigenvalue weighted by Gasteiger charge is 2.15. The third-order valence-corrected chi connectivity index (χ3v) is 2.63. The first kappa shape index (κ1) is 14.9. The third-order valence-electron chi connectivity index (χ3n) is 2.63. The van der Waals surface area contributed by atoms with Gasteiger partial charge in [0.2, 0.25) is 0 Å². The fourth-order valence-electron chi connectivity index (χ4n) is 1.65. The summed E-state index contributed by atoms with van der Waals surface area (Å²) in [5.41, 5.74) is 1.64. The van der Waals surface area contributed by atoms with Crippen LogP contribution in [0.4, 0.5) is 5.69 Å². The van der Waals surface area contributed by atoms with Crippen LogP contribution in [0.5, 0.6) is 0 Å². The van der Waals surface area contributed by atoms with Crippen molar-refractivity contribution in [2.75, 3.05) is 6.61 Å². The predicted octanol–water partition coefficient (Wildman–Crippen LogP) is 3.26. The van der Waals surface area contributed by atoms with Crippen LogP contribution in [0.1, 0.15) is 31.4 Å². The van der Waals surface area contributed by atoms with Gasteiger partial charge in [-0.15, -0.1) is 0 Å². The van der Waals surface area contributed by atoms with E-state index < -0.39 is 10.9 Å². The summed E-state index contributed by atoms with van der Waals surface area (Å²) in [5, 5.41) is 11.0. The lowest BCUT2D eigenvalue weighted by atomic mass is 10.1. The molecule has 0 heterocycles. The number of ether oxygens (including phenoxy) is 1. The summed E-state index contributed by atoms with van der Waals surface area (Å²) in [6.45, 7) is 5.60. The Bertz CT molecular complexity index is 520. The van der Waals surface area contributed by atoms with Crippen LogP contribution in [0.25, 0.3) is 6.08 Å². The molecule has 1 aromatic rings. The van der Waals surface area contributed by atoms with Crippen LogP contribution in [0.3, 0.4) is 0 Å². The molecule has 0 bridgehead atoms. The number of carbonyl (C=O) groups excluding carboxylic acids is 1. The standard InChI is InChI=1S/C14H17NO4/c1-4-11(14(16)19-5-2)9-12-7-6-10(3)8-13(12)15(17)18/h6-9H,4-5H2,1-3H3/b11-9+. The zero-order valence-corrected chi connectivity index (χ0v) is 11.3. The molecule has 1 aromatic carbocycles. The van der Waals surface area contributed by atoms with Gasteiger partial charge in [-0.1, -0.05) is 13.0 Å². The summed E-state index contributed by atoms with van der Waals surface area (Å²) < 4.78 is 4.91. The Balaban J connectivity index is 3.21. The van der Waals surface area contributed by atoms with Crippen LogP contribution in [-0.4, -0.2) is 17.5 Å². The van der Waals surface area contributed by atoms with Gasteiger partial charge >= 0.3 is 5.97 Å². The Morgan fingerprint density at radius 2 is 2.11 bits per heavy atom. The van der Waals surface area contributed by atoms with Crippen molar-refractivity contribution in [2.24, 2.45) is 0 Å². The molecule has 0 aliphatic rings. The molecule has 0 aliphatic carbocycles. The summed E-state index contributed by atoms with van der Waals surface area (Å²) in [5.74, 6) is -0.431. The molecule has 0 N–H and O–H groups in total. The fourth-order valence-corrected chi connectivity index (χ4v) is 1.65. The lowest BCUT2D eigenvalue weighted by molar-refractivity contribution is -0.385. The maximum Gasteiger partial charge on any atom is 0.333 e. The van der Waals surface area contributed by atoms with Crippen molar-refractivity contribution in [1.29, 1.82) is 0 Å². The number of esters is 1. The maximum absolute atomic E-state index is 11.7. The van der Waals surface area contributed by atoms with Crippen LogP contribution >= 0.6 is 0 Å². The summed E-state index contributed by atoms with van der Waals surface area (Å²) >= 11 is 0. The first-order valence-corrected chi connectivity index (χ1v) is 6.12. The number of nitro benzene ring substituents is 1. The van der Waals surface area contributed by atoms with E-state index in [9.17, 15) is 14.9 Å². The fraction of sp³-hybridized carbons (Fsp3) is 0.357. The number of nitro groups is 1. The van der Waals surface area contributed by atoms with Crippen LogP contribution in [0, 0.1) is 17.0 Å². The molecule has 19 heavy (non-hydrogen) atoms. The van der Waals surface area contributed by atoms with E-state index in [1.165, 1.54) is 12.1 Å². The number of hydrogen-bond donors (Lipinski definition) is 0. The average Bonchev–Trinajstić information content (AvgIpc) is 2.37. The minimum absolute atomic E-state index is 0.00440. The number of hydrogen-bond acceptors (Lipinski definition) is 4. The average molecular weight is 263 g/mol. The summed E-state index contributed by atoms with van der Waals surface area (Å²) in [6, 6.07) is 4.91. The summed E-state index contributed by atoms with van der Waals surface area (Å²) in [7, 11) is 0. The first-order valence-electron chi connectivity index (χ1n) is 6.12. The molecule has 0 spiro atoms. The van der Waals surface area contributed by atoms with Crippen molar-refractivity contribution in [3.63, 3.8) is 0 Å². The number of carbonyl (C=O) groups is 1.